The quantitative estimate of drug-likeness (QED) is 0.623. The van der Waals surface area contributed by atoms with Crippen LogP contribution in [0.1, 0.15) is 28.2 Å². The lowest BCUT2D eigenvalue weighted by molar-refractivity contribution is 0.242. The second kappa shape index (κ2) is 6.82. The number of aromatic nitrogens is 4. The average molecular weight is 386 g/mol. The van der Waals surface area contributed by atoms with E-state index in [9.17, 15) is 8.42 Å². The van der Waals surface area contributed by atoms with Gasteiger partial charge in [-0.05, 0) is 25.8 Å². The number of aryl methyl sites for hydroxylation is 2. The number of sulfonamides is 1. The number of aromatic amines is 2. The predicted molar refractivity (Wildman–Crippen MR) is 102 cm³/mol. The van der Waals surface area contributed by atoms with Gasteiger partial charge in [-0.1, -0.05) is 30.3 Å². The highest BCUT2D eigenvalue weighted by atomic mass is 32.2. The van der Waals surface area contributed by atoms with Gasteiger partial charge in [-0.2, -0.15) is 10.2 Å². The lowest BCUT2D eigenvalue weighted by Gasteiger charge is -2.26. The van der Waals surface area contributed by atoms with Crippen LogP contribution in [0.25, 0.3) is 0 Å². The van der Waals surface area contributed by atoms with Gasteiger partial charge < -0.3 is 0 Å². The molecule has 3 N–H and O–H groups in total. The summed E-state index contributed by atoms with van der Waals surface area (Å²) in [5.74, 6) is 0.379. The van der Waals surface area contributed by atoms with E-state index in [-0.39, 0.29) is 4.90 Å². The highest BCUT2D eigenvalue weighted by molar-refractivity contribution is 7.92. The van der Waals surface area contributed by atoms with Crippen molar-refractivity contribution in [1.82, 2.24) is 25.3 Å². The Morgan fingerprint density at radius 3 is 2.63 bits per heavy atom. The number of hydrogen-bond donors (Lipinski definition) is 3. The first-order valence-electron chi connectivity index (χ1n) is 8.81. The fraction of sp³-hybridized carbons (Fsp3) is 0.333. The first kappa shape index (κ1) is 17.7. The number of nitrogens with zero attached hydrogens (tertiary/aromatic N) is 3. The summed E-state index contributed by atoms with van der Waals surface area (Å²) >= 11 is 0. The number of benzene rings is 1. The third kappa shape index (κ3) is 3.47. The molecule has 0 bridgehead atoms. The molecule has 9 heteroatoms. The van der Waals surface area contributed by atoms with Crippen molar-refractivity contribution in [1.29, 1.82) is 0 Å². The van der Waals surface area contributed by atoms with E-state index >= 15 is 0 Å². The van der Waals surface area contributed by atoms with Crippen LogP contribution in [0.15, 0.2) is 35.2 Å². The molecule has 3 heterocycles. The minimum absolute atomic E-state index is 0.181. The first-order chi connectivity index (χ1) is 12.9. The monoisotopic (exact) mass is 386 g/mol. The topological polar surface area (TPSA) is 107 Å². The van der Waals surface area contributed by atoms with Crippen LogP contribution < -0.4 is 4.72 Å². The van der Waals surface area contributed by atoms with Crippen LogP contribution in [0.5, 0.6) is 0 Å². The van der Waals surface area contributed by atoms with E-state index in [0.717, 1.165) is 30.8 Å². The zero-order valence-electron chi connectivity index (χ0n) is 15.3. The Hall–Kier alpha value is -2.65. The van der Waals surface area contributed by atoms with Gasteiger partial charge in [-0.25, -0.2) is 8.42 Å². The number of hydrogen-bond acceptors (Lipinski definition) is 5. The molecule has 0 atom stereocenters. The standard InChI is InChI=1S/C18H22N6O2S/c1-12-17(13(2)20-19-12)27(25,26)23-18-15-8-9-24(11-16(15)21-22-18)10-14-6-4-3-5-7-14/h3-7H,8-11H2,1-2H3,(H,19,20)(H2,21,22,23). The molecule has 0 radical (unpaired) electrons. The largest absolute Gasteiger partial charge is 0.293 e. The third-order valence-corrected chi connectivity index (χ3v) is 6.42. The predicted octanol–water partition coefficient (Wildman–Crippen LogP) is 2.11. The van der Waals surface area contributed by atoms with Crippen molar-refractivity contribution in [3.63, 3.8) is 0 Å². The molecular formula is C18H22N6O2S. The van der Waals surface area contributed by atoms with E-state index in [1.54, 1.807) is 13.8 Å². The molecule has 27 heavy (non-hydrogen) atoms. The van der Waals surface area contributed by atoms with Gasteiger partial charge in [0.25, 0.3) is 10.0 Å². The summed E-state index contributed by atoms with van der Waals surface area (Å²) in [6, 6.07) is 10.3. The van der Waals surface area contributed by atoms with Crippen LogP contribution in [-0.4, -0.2) is 40.3 Å². The van der Waals surface area contributed by atoms with E-state index < -0.39 is 10.0 Å². The van der Waals surface area contributed by atoms with Crippen molar-refractivity contribution in [2.24, 2.45) is 0 Å². The van der Waals surface area contributed by atoms with Crippen LogP contribution >= 0.6 is 0 Å². The molecule has 0 spiro atoms. The Morgan fingerprint density at radius 1 is 1.15 bits per heavy atom. The van der Waals surface area contributed by atoms with Gasteiger partial charge in [0.1, 0.15) is 4.90 Å². The van der Waals surface area contributed by atoms with E-state index in [2.05, 4.69) is 42.1 Å². The minimum Gasteiger partial charge on any atom is -0.293 e. The molecule has 3 aromatic rings. The maximum Gasteiger partial charge on any atom is 0.266 e. The Labute approximate surface area is 158 Å². The summed E-state index contributed by atoms with van der Waals surface area (Å²) in [7, 11) is -3.74. The molecular weight excluding hydrogens is 364 g/mol. The molecule has 142 valence electrons. The van der Waals surface area contributed by atoms with Crippen molar-refractivity contribution in [2.45, 2.75) is 38.3 Å². The van der Waals surface area contributed by atoms with Crippen molar-refractivity contribution < 1.29 is 8.42 Å². The smallest absolute Gasteiger partial charge is 0.266 e. The van der Waals surface area contributed by atoms with Crippen molar-refractivity contribution in [3.8, 4) is 0 Å². The summed E-state index contributed by atoms with van der Waals surface area (Å²) in [4.78, 5) is 2.50. The van der Waals surface area contributed by atoms with Gasteiger partial charge in [-0.3, -0.25) is 19.8 Å². The van der Waals surface area contributed by atoms with Crippen LogP contribution in [0.2, 0.25) is 0 Å². The number of anilines is 1. The molecule has 0 amide bonds. The molecule has 0 fully saturated rings. The van der Waals surface area contributed by atoms with Gasteiger partial charge in [0.05, 0.1) is 17.1 Å². The zero-order valence-corrected chi connectivity index (χ0v) is 16.1. The molecule has 4 rings (SSSR count). The maximum absolute atomic E-state index is 12.8. The number of nitrogens with one attached hydrogen (secondary N) is 3. The third-order valence-electron chi connectivity index (χ3n) is 4.82. The van der Waals surface area contributed by atoms with Gasteiger partial charge >= 0.3 is 0 Å². The fourth-order valence-corrected chi connectivity index (χ4v) is 4.96. The summed E-state index contributed by atoms with van der Waals surface area (Å²) in [5.41, 5.74) is 4.10. The number of rotatable bonds is 5. The van der Waals surface area contributed by atoms with Gasteiger partial charge in [0.15, 0.2) is 5.82 Å². The van der Waals surface area contributed by atoms with Crippen LogP contribution in [0.3, 0.4) is 0 Å². The molecule has 0 saturated carbocycles. The maximum atomic E-state index is 12.8. The average Bonchev–Trinajstić information content (AvgIpc) is 3.18. The molecule has 8 nitrogen and oxygen atoms in total. The summed E-state index contributed by atoms with van der Waals surface area (Å²) in [5, 5.41) is 13.9. The number of fused-ring (bicyclic) bond motifs is 1. The van der Waals surface area contributed by atoms with Crippen molar-refractivity contribution >= 4 is 15.8 Å². The lowest BCUT2D eigenvalue weighted by atomic mass is 10.1. The van der Waals surface area contributed by atoms with Gasteiger partial charge in [-0.15, -0.1) is 0 Å². The molecule has 0 saturated heterocycles. The zero-order chi connectivity index (χ0) is 19.0. The lowest BCUT2D eigenvalue weighted by Crippen LogP contribution is -2.30. The molecule has 0 unspecified atom stereocenters. The van der Waals surface area contributed by atoms with Crippen molar-refractivity contribution in [2.75, 3.05) is 11.3 Å². The molecule has 2 aromatic heterocycles. The molecule has 1 aliphatic heterocycles. The van der Waals surface area contributed by atoms with Gasteiger partial charge in [0.2, 0.25) is 0 Å². The molecule has 1 aliphatic rings. The van der Waals surface area contributed by atoms with Crippen molar-refractivity contribution in [3.05, 3.63) is 58.5 Å². The van der Waals surface area contributed by atoms with Crippen LogP contribution in [0.4, 0.5) is 5.82 Å². The van der Waals surface area contributed by atoms with Crippen LogP contribution in [-0.2, 0) is 29.5 Å². The summed E-state index contributed by atoms with van der Waals surface area (Å²) in [6.45, 7) is 5.77. The molecule has 1 aromatic carbocycles. The highest BCUT2D eigenvalue weighted by Gasteiger charge is 2.27. The Bertz CT molecular complexity index is 1040. The van der Waals surface area contributed by atoms with Crippen LogP contribution in [0, 0.1) is 13.8 Å². The Morgan fingerprint density at radius 2 is 1.93 bits per heavy atom. The Balaban J connectivity index is 1.52. The van der Waals surface area contributed by atoms with Gasteiger partial charge in [0, 0.05) is 25.2 Å². The first-order valence-corrected chi connectivity index (χ1v) is 10.3. The van der Waals surface area contributed by atoms with E-state index in [1.807, 2.05) is 18.2 Å². The summed E-state index contributed by atoms with van der Waals surface area (Å²) < 4.78 is 28.1. The minimum atomic E-state index is -3.74. The highest BCUT2D eigenvalue weighted by Crippen LogP contribution is 2.27. The SMILES string of the molecule is Cc1n[nH]c(C)c1S(=O)(=O)Nc1n[nH]c2c1CCN(Cc1ccccc1)C2. The normalized spacial score (nSPS) is 14.9. The Kier molecular flexibility index (Phi) is 4.48. The van der Waals surface area contributed by atoms with E-state index in [0.29, 0.717) is 23.8 Å². The fourth-order valence-electron chi connectivity index (χ4n) is 3.55. The van der Waals surface area contributed by atoms with E-state index in [4.69, 9.17) is 0 Å². The number of H-pyrrole nitrogens is 2. The summed E-state index contributed by atoms with van der Waals surface area (Å²) in [6.07, 6.45) is 0.736. The molecule has 0 aliphatic carbocycles. The second-order valence-electron chi connectivity index (χ2n) is 6.84. The second-order valence-corrected chi connectivity index (χ2v) is 8.46. The van der Waals surface area contributed by atoms with E-state index in [1.165, 1.54) is 5.56 Å².